The maximum Gasteiger partial charge on any atom is 0.240 e. The van der Waals surface area contributed by atoms with Crippen molar-refractivity contribution in [3.63, 3.8) is 0 Å². The van der Waals surface area contributed by atoms with Crippen LogP contribution < -0.4 is 10.5 Å². The Morgan fingerprint density at radius 1 is 1.17 bits per heavy atom. The molecule has 0 bridgehead atoms. The van der Waals surface area contributed by atoms with E-state index >= 15 is 0 Å². The highest BCUT2D eigenvalue weighted by Crippen LogP contribution is 2.19. The smallest absolute Gasteiger partial charge is 0.240 e. The lowest BCUT2D eigenvalue weighted by molar-refractivity contribution is 0.361. The van der Waals surface area contributed by atoms with Crippen molar-refractivity contribution in [3.8, 4) is 0 Å². The highest BCUT2D eigenvalue weighted by Gasteiger charge is 2.26. The van der Waals surface area contributed by atoms with E-state index in [0.717, 1.165) is 29.3 Å². The van der Waals surface area contributed by atoms with Gasteiger partial charge in [-0.15, -0.1) is 0 Å². The standard InChI is InChI=1S/C12H17IN2O2S/c13-9-5-7-10(8-6-9)18(16,17)15-12-4-2-1-3-11(12)14/h5-8,11-12,15H,1-4,14H2. The molecular formula is C12H17IN2O2S. The van der Waals surface area contributed by atoms with Gasteiger partial charge in [-0.3, -0.25) is 0 Å². The van der Waals surface area contributed by atoms with E-state index in [1.165, 1.54) is 0 Å². The molecule has 100 valence electrons. The van der Waals surface area contributed by atoms with Crippen LogP contribution in [0.5, 0.6) is 0 Å². The summed E-state index contributed by atoms with van der Waals surface area (Å²) in [6.07, 6.45) is 3.83. The Kier molecular flexibility index (Phi) is 4.63. The molecule has 1 aliphatic rings. The van der Waals surface area contributed by atoms with Crippen LogP contribution in [-0.4, -0.2) is 20.5 Å². The van der Waals surface area contributed by atoms with Crippen LogP contribution in [0.15, 0.2) is 29.2 Å². The average molecular weight is 380 g/mol. The van der Waals surface area contributed by atoms with Gasteiger partial charge in [-0.05, 0) is 59.7 Å². The summed E-state index contributed by atoms with van der Waals surface area (Å²) >= 11 is 2.15. The molecule has 1 fully saturated rings. The van der Waals surface area contributed by atoms with E-state index in [4.69, 9.17) is 5.73 Å². The minimum Gasteiger partial charge on any atom is -0.326 e. The largest absolute Gasteiger partial charge is 0.326 e. The van der Waals surface area contributed by atoms with Crippen molar-refractivity contribution in [1.29, 1.82) is 0 Å². The zero-order valence-electron chi connectivity index (χ0n) is 9.97. The number of halogens is 1. The van der Waals surface area contributed by atoms with Crippen LogP contribution in [-0.2, 0) is 10.0 Å². The quantitative estimate of drug-likeness (QED) is 0.787. The molecule has 0 radical (unpaired) electrons. The summed E-state index contributed by atoms with van der Waals surface area (Å²) in [4.78, 5) is 0.306. The van der Waals surface area contributed by atoms with Gasteiger partial charge in [0.2, 0.25) is 10.0 Å². The van der Waals surface area contributed by atoms with Crippen LogP contribution in [0.3, 0.4) is 0 Å². The van der Waals surface area contributed by atoms with Crippen molar-refractivity contribution >= 4 is 32.6 Å². The third-order valence-corrected chi connectivity index (χ3v) is 5.47. The predicted octanol–water partition coefficient (Wildman–Crippen LogP) is 1.84. The number of rotatable bonds is 3. The first kappa shape index (κ1) is 14.2. The van der Waals surface area contributed by atoms with Gasteiger partial charge in [0.05, 0.1) is 4.90 Å². The van der Waals surface area contributed by atoms with Crippen LogP contribution in [0.1, 0.15) is 25.7 Å². The number of nitrogens with one attached hydrogen (secondary N) is 1. The molecule has 1 aromatic carbocycles. The van der Waals surface area contributed by atoms with E-state index in [9.17, 15) is 8.42 Å². The minimum absolute atomic E-state index is 0.0719. The molecule has 2 rings (SSSR count). The minimum atomic E-state index is -3.44. The Balaban J connectivity index is 2.13. The molecule has 0 amide bonds. The van der Waals surface area contributed by atoms with E-state index < -0.39 is 10.0 Å². The van der Waals surface area contributed by atoms with Gasteiger partial charge in [0, 0.05) is 15.7 Å². The van der Waals surface area contributed by atoms with Crippen molar-refractivity contribution in [2.45, 2.75) is 42.7 Å². The van der Waals surface area contributed by atoms with Gasteiger partial charge in [-0.1, -0.05) is 12.8 Å². The fourth-order valence-corrected chi connectivity index (χ4v) is 3.87. The van der Waals surface area contributed by atoms with Gasteiger partial charge < -0.3 is 5.73 Å². The van der Waals surface area contributed by atoms with Gasteiger partial charge in [-0.2, -0.15) is 0 Å². The topological polar surface area (TPSA) is 72.2 Å². The fraction of sp³-hybridized carbons (Fsp3) is 0.500. The van der Waals surface area contributed by atoms with Gasteiger partial charge in [0.25, 0.3) is 0 Å². The first-order valence-corrected chi connectivity index (χ1v) is 8.59. The second kappa shape index (κ2) is 5.85. The highest BCUT2D eigenvalue weighted by atomic mass is 127. The van der Waals surface area contributed by atoms with E-state index in [1.807, 2.05) is 0 Å². The maximum atomic E-state index is 12.2. The van der Waals surface area contributed by atoms with Crippen molar-refractivity contribution < 1.29 is 8.42 Å². The molecule has 6 heteroatoms. The number of hydrogen-bond acceptors (Lipinski definition) is 3. The fourth-order valence-electron chi connectivity index (χ4n) is 2.19. The molecular weight excluding hydrogens is 363 g/mol. The lowest BCUT2D eigenvalue weighted by Gasteiger charge is -2.29. The number of hydrogen-bond donors (Lipinski definition) is 2. The molecule has 2 unspecified atom stereocenters. The molecule has 2 atom stereocenters. The summed E-state index contributed by atoms with van der Waals surface area (Å²) in [6.45, 7) is 0. The summed E-state index contributed by atoms with van der Waals surface area (Å²) in [5.74, 6) is 0. The zero-order valence-corrected chi connectivity index (χ0v) is 12.9. The first-order valence-electron chi connectivity index (χ1n) is 6.02. The summed E-state index contributed by atoms with van der Waals surface area (Å²) < 4.78 is 28.1. The van der Waals surface area contributed by atoms with Gasteiger partial charge in [-0.25, -0.2) is 13.1 Å². The average Bonchev–Trinajstić information content (AvgIpc) is 2.32. The summed E-state index contributed by atoms with van der Waals surface area (Å²) in [5.41, 5.74) is 5.96. The Morgan fingerprint density at radius 2 is 1.78 bits per heavy atom. The number of benzene rings is 1. The van der Waals surface area contributed by atoms with Gasteiger partial charge in [0.1, 0.15) is 0 Å². The summed E-state index contributed by atoms with van der Waals surface area (Å²) in [6, 6.07) is 6.61. The molecule has 3 N–H and O–H groups in total. The van der Waals surface area contributed by atoms with Crippen LogP contribution in [0.4, 0.5) is 0 Å². The van der Waals surface area contributed by atoms with Crippen LogP contribution in [0.25, 0.3) is 0 Å². The monoisotopic (exact) mass is 380 g/mol. The van der Waals surface area contributed by atoms with Crippen LogP contribution in [0, 0.1) is 3.57 Å². The van der Waals surface area contributed by atoms with Gasteiger partial charge >= 0.3 is 0 Å². The molecule has 0 aliphatic heterocycles. The van der Waals surface area contributed by atoms with E-state index in [1.54, 1.807) is 24.3 Å². The summed E-state index contributed by atoms with van der Waals surface area (Å²) in [7, 11) is -3.44. The Hall–Kier alpha value is -0.180. The van der Waals surface area contributed by atoms with Crippen molar-refractivity contribution in [2.24, 2.45) is 5.73 Å². The third kappa shape index (κ3) is 3.43. The van der Waals surface area contributed by atoms with Crippen molar-refractivity contribution in [1.82, 2.24) is 4.72 Å². The second-order valence-corrected chi connectivity index (χ2v) is 7.59. The van der Waals surface area contributed by atoms with E-state index in [-0.39, 0.29) is 12.1 Å². The maximum absolute atomic E-state index is 12.2. The van der Waals surface area contributed by atoms with Crippen molar-refractivity contribution in [3.05, 3.63) is 27.8 Å². The lowest BCUT2D eigenvalue weighted by Crippen LogP contribution is -2.49. The third-order valence-electron chi connectivity index (χ3n) is 3.25. The zero-order chi connectivity index (χ0) is 13.2. The second-order valence-electron chi connectivity index (χ2n) is 4.63. The number of sulfonamides is 1. The van der Waals surface area contributed by atoms with E-state index in [0.29, 0.717) is 4.90 Å². The Morgan fingerprint density at radius 3 is 2.39 bits per heavy atom. The van der Waals surface area contributed by atoms with Crippen LogP contribution in [0.2, 0.25) is 0 Å². The van der Waals surface area contributed by atoms with E-state index in [2.05, 4.69) is 27.3 Å². The Labute approximate surface area is 122 Å². The van der Waals surface area contributed by atoms with Crippen molar-refractivity contribution in [2.75, 3.05) is 0 Å². The molecule has 0 saturated heterocycles. The molecule has 0 heterocycles. The van der Waals surface area contributed by atoms with Crippen LogP contribution >= 0.6 is 22.6 Å². The molecule has 4 nitrogen and oxygen atoms in total. The molecule has 18 heavy (non-hydrogen) atoms. The normalized spacial score (nSPS) is 25.0. The van der Waals surface area contributed by atoms with Gasteiger partial charge in [0.15, 0.2) is 0 Å². The lowest BCUT2D eigenvalue weighted by atomic mass is 9.92. The molecule has 0 spiro atoms. The highest BCUT2D eigenvalue weighted by molar-refractivity contribution is 14.1. The molecule has 1 aliphatic carbocycles. The molecule has 0 aromatic heterocycles. The number of nitrogens with two attached hydrogens (primary N) is 1. The summed E-state index contributed by atoms with van der Waals surface area (Å²) in [5, 5.41) is 0. The molecule has 1 aromatic rings. The first-order chi connectivity index (χ1) is 8.49. The Bertz CT molecular complexity index is 501. The SMILES string of the molecule is NC1CCCCC1NS(=O)(=O)c1ccc(I)cc1. The predicted molar refractivity (Wildman–Crippen MR) is 79.7 cm³/mol. The molecule has 1 saturated carbocycles.